The molecule has 0 aliphatic heterocycles. The first kappa shape index (κ1) is 19.7. The summed E-state index contributed by atoms with van der Waals surface area (Å²) in [5.41, 5.74) is 5.19. The summed E-state index contributed by atoms with van der Waals surface area (Å²) < 4.78 is 10.5. The number of aliphatic carboxylic acids is 1. The van der Waals surface area contributed by atoms with Crippen molar-refractivity contribution < 1.29 is 24.0 Å². The Labute approximate surface area is 173 Å². The van der Waals surface area contributed by atoms with E-state index < -0.39 is 18.1 Å². The van der Waals surface area contributed by atoms with Crippen LogP contribution in [-0.4, -0.2) is 35.0 Å². The Balaban J connectivity index is 1.38. The lowest BCUT2D eigenvalue weighted by atomic mass is 9.98. The number of amides is 1. The number of carboxylic acid groups (broad SMARTS) is 1. The summed E-state index contributed by atoms with van der Waals surface area (Å²) in [6.07, 6.45) is -0.228. The molecule has 7 heteroatoms. The van der Waals surface area contributed by atoms with Crippen LogP contribution in [0.1, 0.15) is 34.9 Å². The molecular weight excluding hydrogens is 384 g/mol. The summed E-state index contributed by atoms with van der Waals surface area (Å²) in [7, 11) is 0. The predicted octanol–water partition coefficient (Wildman–Crippen LogP) is 3.91. The van der Waals surface area contributed by atoms with Crippen LogP contribution in [-0.2, 0) is 16.0 Å². The molecule has 1 aliphatic rings. The van der Waals surface area contributed by atoms with E-state index in [1.54, 1.807) is 13.0 Å². The van der Waals surface area contributed by atoms with Gasteiger partial charge in [0, 0.05) is 18.4 Å². The Morgan fingerprint density at radius 2 is 1.77 bits per heavy atom. The smallest absolute Gasteiger partial charge is 0.407 e. The minimum Gasteiger partial charge on any atom is -0.480 e. The minimum absolute atomic E-state index is 0.0800. The molecule has 0 spiro atoms. The van der Waals surface area contributed by atoms with Gasteiger partial charge in [-0.15, -0.1) is 0 Å². The van der Waals surface area contributed by atoms with Crippen molar-refractivity contribution in [3.8, 4) is 11.1 Å². The summed E-state index contributed by atoms with van der Waals surface area (Å²) in [6, 6.07) is 16.7. The maximum atomic E-state index is 12.3. The van der Waals surface area contributed by atoms with Crippen molar-refractivity contribution in [1.82, 2.24) is 10.5 Å². The quantitative estimate of drug-likeness (QED) is 0.617. The van der Waals surface area contributed by atoms with Crippen LogP contribution in [0.2, 0.25) is 0 Å². The second-order valence-electron chi connectivity index (χ2n) is 7.33. The van der Waals surface area contributed by atoms with Gasteiger partial charge in [-0.1, -0.05) is 53.7 Å². The zero-order valence-corrected chi connectivity index (χ0v) is 16.5. The molecule has 0 unspecified atom stereocenters. The molecule has 1 aromatic heterocycles. The second kappa shape index (κ2) is 8.41. The van der Waals surface area contributed by atoms with Crippen LogP contribution in [0.4, 0.5) is 4.79 Å². The number of rotatable bonds is 7. The number of nitrogens with one attached hydrogen (secondary N) is 1. The Hall–Kier alpha value is -3.61. The van der Waals surface area contributed by atoms with Gasteiger partial charge in [0.15, 0.2) is 0 Å². The zero-order chi connectivity index (χ0) is 21.1. The lowest BCUT2D eigenvalue weighted by molar-refractivity contribution is -0.139. The van der Waals surface area contributed by atoms with E-state index in [1.807, 2.05) is 36.4 Å². The van der Waals surface area contributed by atoms with E-state index in [2.05, 4.69) is 22.6 Å². The average Bonchev–Trinajstić information content (AvgIpc) is 3.30. The summed E-state index contributed by atoms with van der Waals surface area (Å²) in [5, 5.41) is 15.6. The van der Waals surface area contributed by atoms with Crippen molar-refractivity contribution in [3.05, 3.63) is 77.2 Å². The first-order valence-electron chi connectivity index (χ1n) is 9.79. The van der Waals surface area contributed by atoms with Crippen LogP contribution in [0.3, 0.4) is 0 Å². The van der Waals surface area contributed by atoms with Crippen molar-refractivity contribution in [2.75, 3.05) is 6.61 Å². The molecule has 0 fully saturated rings. The molecule has 1 heterocycles. The number of benzene rings is 2. The Morgan fingerprint density at radius 3 is 2.33 bits per heavy atom. The second-order valence-corrected chi connectivity index (χ2v) is 7.33. The van der Waals surface area contributed by atoms with Gasteiger partial charge in [0.2, 0.25) is 0 Å². The number of aromatic nitrogens is 1. The van der Waals surface area contributed by atoms with E-state index in [1.165, 1.54) is 0 Å². The fraction of sp³-hybridized carbons (Fsp3) is 0.261. The number of fused-ring (bicyclic) bond motifs is 3. The highest BCUT2D eigenvalue weighted by atomic mass is 16.5. The van der Waals surface area contributed by atoms with Gasteiger partial charge in [-0.3, -0.25) is 0 Å². The number of nitrogens with zero attached hydrogens (tertiary/aromatic N) is 1. The third-order valence-corrected chi connectivity index (χ3v) is 5.29. The fourth-order valence-electron chi connectivity index (χ4n) is 3.86. The molecule has 154 valence electrons. The minimum atomic E-state index is -1.13. The summed E-state index contributed by atoms with van der Waals surface area (Å²) in [4.78, 5) is 23.9. The Morgan fingerprint density at radius 1 is 1.13 bits per heavy atom. The molecule has 1 aliphatic carbocycles. The summed E-state index contributed by atoms with van der Waals surface area (Å²) in [6.45, 7) is 1.92. The van der Waals surface area contributed by atoms with Gasteiger partial charge in [0.1, 0.15) is 18.4 Å². The molecule has 1 atom stereocenters. The third-order valence-electron chi connectivity index (χ3n) is 5.29. The molecule has 2 aromatic carbocycles. The van der Waals surface area contributed by atoms with E-state index in [0.717, 1.165) is 27.9 Å². The van der Waals surface area contributed by atoms with Crippen LogP contribution in [0.15, 0.2) is 59.1 Å². The van der Waals surface area contributed by atoms with Crippen molar-refractivity contribution >= 4 is 12.1 Å². The molecule has 7 nitrogen and oxygen atoms in total. The monoisotopic (exact) mass is 406 g/mol. The van der Waals surface area contributed by atoms with E-state index in [4.69, 9.17) is 9.26 Å². The van der Waals surface area contributed by atoms with Crippen LogP contribution in [0.25, 0.3) is 11.1 Å². The average molecular weight is 406 g/mol. The molecule has 0 saturated heterocycles. The van der Waals surface area contributed by atoms with Gasteiger partial charge >= 0.3 is 12.1 Å². The number of aryl methyl sites for hydroxylation is 2. The largest absolute Gasteiger partial charge is 0.480 e. The van der Waals surface area contributed by atoms with E-state index in [-0.39, 0.29) is 18.9 Å². The third kappa shape index (κ3) is 4.05. The Bertz CT molecular complexity index is 1030. The van der Waals surface area contributed by atoms with Crippen LogP contribution in [0.5, 0.6) is 0 Å². The molecule has 2 N–H and O–H groups in total. The van der Waals surface area contributed by atoms with E-state index >= 15 is 0 Å². The van der Waals surface area contributed by atoms with Crippen LogP contribution >= 0.6 is 0 Å². The maximum absolute atomic E-state index is 12.3. The molecule has 0 bridgehead atoms. The number of carbonyl (C=O) groups is 2. The highest BCUT2D eigenvalue weighted by molar-refractivity contribution is 5.81. The first-order valence-corrected chi connectivity index (χ1v) is 9.79. The number of hydrogen-bond donors (Lipinski definition) is 2. The predicted molar refractivity (Wildman–Crippen MR) is 109 cm³/mol. The molecule has 0 saturated carbocycles. The van der Waals surface area contributed by atoms with Gasteiger partial charge < -0.3 is 19.7 Å². The lowest BCUT2D eigenvalue weighted by Gasteiger charge is -2.17. The molecule has 1 amide bonds. The van der Waals surface area contributed by atoms with Gasteiger partial charge in [0.05, 0.1) is 5.69 Å². The highest BCUT2D eigenvalue weighted by Gasteiger charge is 2.29. The lowest BCUT2D eigenvalue weighted by Crippen LogP contribution is -2.41. The standard InChI is InChI=1S/C23H22N2O5/c1-14-12-15(30-25-14)10-11-21(22(26)27)24-23(28)29-13-20-18-8-4-2-6-16(18)17-7-3-5-9-19(17)20/h2-9,12,20-21H,10-11,13H2,1H3,(H,24,28)(H,26,27)/t21-/m1/s1. The number of hydrogen-bond acceptors (Lipinski definition) is 5. The molecular formula is C23H22N2O5. The molecule has 0 radical (unpaired) electrons. The van der Waals surface area contributed by atoms with Crippen LogP contribution in [0, 0.1) is 6.92 Å². The van der Waals surface area contributed by atoms with E-state index in [9.17, 15) is 14.7 Å². The number of carboxylic acids is 1. The normalized spacial score (nSPS) is 13.4. The van der Waals surface area contributed by atoms with Crippen molar-refractivity contribution in [3.63, 3.8) is 0 Å². The molecule has 30 heavy (non-hydrogen) atoms. The van der Waals surface area contributed by atoms with Crippen molar-refractivity contribution in [2.45, 2.75) is 31.7 Å². The van der Waals surface area contributed by atoms with Crippen molar-refractivity contribution in [2.24, 2.45) is 0 Å². The molecule has 3 aromatic rings. The highest BCUT2D eigenvalue weighted by Crippen LogP contribution is 2.44. The van der Waals surface area contributed by atoms with Crippen molar-refractivity contribution in [1.29, 1.82) is 0 Å². The number of carbonyl (C=O) groups excluding carboxylic acids is 1. The van der Waals surface area contributed by atoms with Gasteiger partial charge in [-0.2, -0.15) is 0 Å². The topological polar surface area (TPSA) is 102 Å². The van der Waals surface area contributed by atoms with Crippen LogP contribution < -0.4 is 5.32 Å². The number of ether oxygens (including phenoxy) is 1. The van der Waals surface area contributed by atoms with Gasteiger partial charge in [0.25, 0.3) is 0 Å². The maximum Gasteiger partial charge on any atom is 0.407 e. The van der Waals surface area contributed by atoms with E-state index in [0.29, 0.717) is 12.2 Å². The Kier molecular flexibility index (Phi) is 5.52. The van der Waals surface area contributed by atoms with Gasteiger partial charge in [-0.25, -0.2) is 9.59 Å². The SMILES string of the molecule is Cc1cc(CC[C@@H](NC(=O)OCC2c3ccccc3-c3ccccc32)C(=O)O)on1. The zero-order valence-electron chi connectivity index (χ0n) is 16.5. The summed E-state index contributed by atoms with van der Waals surface area (Å²) in [5.74, 6) is -0.628. The van der Waals surface area contributed by atoms with Gasteiger partial charge in [-0.05, 0) is 35.6 Å². The fourth-order valence-corrected chi connectivity index (χ4v) is 3.86. The molecule has 4 rings (SSSR count). The summed E-state index contributed by atoms with van der Waals surface area (Å²) >= 11 is 0. The first-order chi connectivity index (χ1) is 14.5. The number of alkyl carbamates (subject to hydrolysis) is 1.